The lowest BCUT2D eigenvalue weighted by Crippen LogP contribution is -2.38. The molecule has 1 fully saturated rings. The number of nitrogens with two attached hydrogens (primary N) is 1. The van der Waals surface area contributed by atoms with Gasteiger partial charge in [0.25, 0.3) is 5.92 Å². The Kier molecular flexibility index (Phi) is 4.45. The Morgan fingerprint density at radius 2 is 2.00 bits per heavy atom. The van der Waals surface area contributed by atoms with Crippen molar-refractivity contribution in [2.24, 2.45) is 0 Å². The fourth-order valence-corrected chi connectivity index (χ4v) is 1.63. The van der Waals surface area contributed by atoms with E-state index in [9.17, 15) is 8.78 Å². The Morgan fingerprint density at radius 3 is 2.65 bits per heavy atom. The van der Waals surface area contributed by atoms with E-state index in [2.05, 4.69) is 20.3 Å². The monoisotopic (exact) mass is 290 g/mol. The molecule has 0 aliphatic carbocycles. The molecule has 0 saturated carbocycles. The number of alkyl halides is 2. The van der Waals surface area contributed by atoms with E-state index in [1.807, 2.05) is 4.90 Å². The van der Waals surface area contributed by atoms with Crippen LogP contribution >= 0.6 is 0 Å². The van der Waals surface area contributed by atoms with Gasteiger partial charge in [0.05, 0.1) is 19.8 Å². The van der Waals surface area contributed by atoms with Crippen LogP contribution in [0.4, 0.5) is 26.6 Å². The number of aliphatic hydroxyl groups excluding tert-OH is 1. The predicted octanol–water partition coefficient (Wildman–Crippen LogP) is -0.670. The van der Waals surface area contributed by atoms with E-state index >= 15 is 0 Å². The zero-order valence-electron chi connectivity index (χ0n) is 10.7. The quantitative estimate of drug-likeness (QED) is 0.655. The zero-order chi connectivity index (χ0) is 14.6. The second kappa shape index (κ2) is 6.09. The maximum absolute atomic E-state index is 13.0. The molecule has 2 rings (SSSR count). The van der Waals surface area contributed by atoms with Gasteiger partial charge in [0.15, 0.2) is 0 Å². The highest BCUT2D eigenvalue weighted by Gasteiger charge is 2.28. The second-order valence-electron chi connectivity index (χ2n) is 4.28. The molecule has 8 nitrogen and oxygen atoms in total. The van der Waals surface area contributed by atoms with Crippen LogP contribution in [-0.2, 0) is 4.74 Å². The van der Waals surface area contributed by atoms with E-state index in [0.29, 0.717) is 32.3 Å². The van der Waals surface area contributed by atoms with Crippen LogP contribution in [-0.4, -0.2) is 65.4 Å². The number of aromatic nitrogens is 3. The van der Waals surface area contributed by atoms with Crippen molar-refractivity contribution in [3.63, 3.8) is 0 Å². The molecule has 10 heteroatoms. The first kappa shape index (κ1) is 14.6. The normalized spacial score (nSPS) is 16.2. The molecular weight excluding hydrogens is 274 g/mol. The minimum Gasteiger partial charge on any atom is -0.390 e. The van der Waals surface area contributed by atoms with Crippen LogP contribution < -0.4 is 16.0 Å². The molecule has 0 amide bonds. The Balaban J connectivity index is 2.08. The van der Waals surface area contributed by atoms with Crippen molar-refractivity contribution in [2.45, 2.75) is 5.92 Å². The molecule has 0 spiro atoms. The molecule has 0 aromatic carbocycles. The van der Waals surface area contributed by atoms with Crippen LogP contribution in [0.1, 0.15) is 0 Å². The second-order valence-corrected chi connectivity index (χ2v) is 4.28. The number of morpholine rings is 1. The van der Waals surface area contributed by atoms with Crippen molar-refractivity contribution in [2.75, 3.05) is 55.4 Å². The number of rotatable bonds is 5. The van der Waals surface area contributed by atoms with E-state index in [-0.39, 0.29) is 11.9 Å². The summed E-state index contributed by atoms with van der Waals surface area (Å²) in [5, 5.41) is 10.8. The standard InChI is InChI=1S/C10H16F2N6O2/c11-10(12,6-19)5-14-8-15-7(13)16-9(17-8)18-1-3-20-4-2-18/h19H,1-6H2,(H3,13,14,15,16,17). The number of nitrogens with one attached hydrogen (secondary N) is 1. The highest BCUT2D eigenvalue weighted by Crippen LogP contribution is 2.16. The minimum absolute atomic E-state index is 0.0490. The summed E-state index contributed by atoms with van der Waals surface area (Å²) < 4.78 is 31.1. The highest BCUT2D eigenvalue weighted by atomic mass is 19.3. The first-order valence-corrected chi connectivity index (χ1v) is 6.07. The molecule has 1 aliphatic rings. The summed E-state index contributed by atoms with van der Waals surface area (Å²) in [7, 11) is 0. The van der Waals surface area contributed by atoms with Gasteiger partial charge >= 0.3 is 0 Å². The summed E-state index contributed by atoms with van der Waals surface area (Å²) in [6.45, 7) is 0.228. The van der Waals surface area contributed by atoms with Gasteiger partial charge in [-0.25, -0.2) is 8.78 Å². The van der Waals surface area contributed by atoms with Gasteiger partial charge in [0.2, 0.25) is 17.8 Å². The van der Waals surface area contributed by atoms with Crippen LogP contribution in [0.2, 0.25) is 0 Å². The van der Waals surface area contributed by atoms with E-state index in [1.165, 1.54) is 0 Å². The lowest BCUT2D eigenvalue weighted by atomic mass is 10.3. The van der Waals surface area contributed by atoms with E-state index in [4.69, 9.17) is 15.6 Å². The summed E-state index contributed by atoms with van der Waals surface area (Å²) in [5.74, 6) is -3.04. The summed E-state index contributed by atoms with van der Waals surface area (Å²) in [6.07, 6.45) is 0. The van der Waals surface area contributed by atoms with Gasteiger partial charge in [-0.3, -0.25) is 0 Å². The van der Waals surface area contributed by atoms with E-state index in [0.717, 1.165) is 0 Å². The molecule has 0 radical (unpaired) electrons. The van der Waals surface area contributed by atoms with Gasteiger partial charge in [0, 0.05) is 13.1 Å². The lowest BCUT2D eigenvalue weighted by Gasteiger charge is -2.27. The molecular formula is C10H16F2N6O2. The fraction of sp³-hybridized carbons (Fsp3) is 0.700. The van der Waals surface area contributed by atoms with E-state index < -0.39 is 19.1 Å². The predicted molar refractivity (Wildman–Crippen MR) is 67.8 cm³/mol. The van der Waals surface area contributed by atoms with Gasteiger partial charge in [-0.05, 0) is 0 Å². The van der Waals surface area contributed by atoms with Crippen LogP contribution in [0.5, 0.6) is 0 Å². The van der Waals surface area contributed by atoms with Crippen molar-refractivity contribution < 1.29 is 18.6 Å². The summed E-state index contributed by atoms with van der Waals surface area (Å²) >= 11 is 0. The number of nitrogen functional groups attached to an aromatic ring is 1. The molecule has 0 bridgehead atoms. The third-order valence-electron chi connectivity index (χ3n) is 2.67. The van der Waals surface area contributed by atoms with Crippen molar-refractivity contribution in [3.05, 3.63) is 0 Å². The number of ether oxygens (including phenoxy) is 1. The van der Waals surface area contributed by atoms with Gasteiger partial charge in [-0.15, -0.1) is 0 Å². The molecule has 1 aromatic heterocycles. The van der Waals surface area contributed by atoms with Crippen LogP contribution in [0, 0.1) is 0 Å². The van der Waals surface area contributed by atoms with Crippen molar-refractivity contribution in [3.8, 4) is 0 Å². The molecule has 1 aromatic rings. The van der Waals surface area contributed by atoms with Gasteiger partial charge in [0.1, 0.15) is 6.61 Å². The van der Waals surface area contributed by atoms with Crippen molar-refractivity contribution in [1.29, 1.82) is 0 Å². The Labute approximate surface area is 114 Å². The smallest absolute Gasteiger partial charge is 0.287 e. The highest BCUT2D eigenvalue weighted by molar-refractivity contribution is 5.42. The maximum Gasteiger partial charge on any atom is 0.287 e. The summed E-state index contributed by atoms with van der Waals surface area (Å²) in [5.41, 5.74) is 5.54. The average Bonchev–Trinajstić information content (AvgIpc) is 2.46. The average molecular weight is 290 g/mol. The molecule has 0 atom stereocenters. The van der Waals surface area contributed by atoms with Gasteiger partial charge < -0.3 is 25.8 Å². The number of hydrogen-bond donors (Lipinski definition) is 3. The molecule has 2 heterocycles. The van der Waals surface area contributed by atoms with Crippen LogP contribution in [0.3, 0.4) is 0 Å². The third-order valence-corrected chi connectivity index (χ3v) is 2.67. The number of hydrogen-bond acceptors (Lipinski definition) is 8. The molecule has 1 aliphatic heterocycles. The summed E-state index contributed by atoms with van der Waals surface area (Å²) in [4.78, 5) is 13.6. The number of aliphatic hydroxyl groups is 1. The number of halogens is 2. The molecule has 1 saturated heterocycles. The first-order valence-electron chi connectivity index (χ1n) is 6.07. The minimum atomic E-state index is -3.25. The Bertz CT molecular complexity index is 455. The lowest BCUT2D eigenvalue weighted by molar-refractivity contribution is -0.0374. The van der Waals surface area contributed by atoms with Crippen molar-refractivity contribution >= 4 is 17.8 Å². The Morgan fingerprint density at radius 1 is 1.30 bits per heavy atom. The maximum atomic E-state index is 13.0. The Hall–Kier alpha value is -1.81. The SMILES string of the molecule is Nc1nc(NCC(F)(F)CO)nc(N2CCOCC2)n1. The van der Waals surface area contributed by atoms with Gasteiger partial charge in [-0.1, -0.05) is 0 Å². The third kappa shape index (κ3) is 3.84. The molecule has 0 unspecified atom stereocenters. The number of nitrogens with zero attached hydrogens (tertiary/aromatic N) is 4. The largest absolute Gasteiger partial charge is 0.390 e. The molecule has 20 heavy (non-hydrogen) atoms. The number of anilines is 3. The van der Waals surface area contributed by atoms with Gasteiger partial charge in [-0.2, -0.15) is 15.0 Å². The molecule has 4 N–H and O–H groups in total. The van der Waals surface area contributed by atoms with Crippen LogP contribution in [0.25, 0.3) is 0 Å². The van der Waals surface area contributed by atoms with E-state index in [1.54, 1.807) is 0 Å². The van der Waals surface area contributed by atoms with Crippen molar-refractivity contribution in [1.82, 2.24) is 15.0 Å². The topological polar surface area (TPSA) is 109 Å². The summed E-state index contributed by atoms with van der Waals surface area (Å²) in [6, 6.07) is 0. The zero-order valence-corrected chi connectivity index (χ0v) is 10.7. The molecule has 112 valence electrons. The van der Waals surface area contributed by atoms with Crippen LogP contribution in [0.15, 0.2) is 0 Å². The first-order chi connectivity index (χ1) is 9.50. The fourth-order valence-electron chi connectivity index (χ4n) is 1.63.